The third-order valence-corrected chi connectivity index (χ3v) is 2.94. The van der Waals surface area contributed by atoms with Gasteiger partial charge >= 0.3 is 6.18 Å². The van der Waals surface area contributed by atoms with Crippen LogP contribution in [0, 0.1) is 17.0 Å². The summed E-state index contributed by atoms with van der Waals surface area (Å²) in [5, 5.41) is 13.8. The number of aryl methyl sites for hydroxylation is 1. The van der Waals surface area contributed by atoms with Gasteiger partial charge in [0.15, 0.2) is 5.82 Å². The van der Waals surface area contributed by atoms with Crippen LogP contribution in [0.25, 0.3) is 0 Å². The van der Waals surface area contributed by atoms with E-state index in [9.17, 15) is 32.1 Å². The molecule has 0 aliphatic carbocycles. The minimum Gasteiger partial charge on any atom is -0.258 e. The summed E-state index contributed by atoms with van der Waals surface area (Å²) in [5.74, 6) is -2.78. The molecule has 0 N–H and O–H groups in total. The summed E-state index contributed by atoms with van der Waals surface area (Å²) >= 11 is 0. The molecule has 23 heavy (non-hydrogen) atoms. The maximum Gasteiger partial charge on any atom is 0.453 e. The molecule has 1 heterocycles. The first-order valence-corrected chi connectivity index (χ1v) is 6.13. The van der Waals surface area contributed by atoms with E-state index in [4.69, 9.17) is 0 Å². The number of nitro groups is 1. The molecular weight excluding hydrogens is 327 g/mol. The Kier molecular flexibility index (Phi) is 4.30. The van der Waals surface area contributed by atoms with E-state index < -0.39 is 35.7 Å². The average Bonchev–Trinajstić information content (AvgIpc) is 2.82. The van der Waals surface area contributed by atoms with Crippen LogP contribution in [0.5, 0.6) is 0 Å². The number of hydrogen-bond donors (Lipinski definition) is 0. The molecule has 2 aromatic rings. The van der Waals surface area contributed by atoms with Gasteiger partial charge in [-0.3, -0.25) is 10.1 Å². The van der Waals surface area contributed by atoms with Crippen LogP contribution >= 0.6 is 0 Å². The lowest BCUT2D eigenvalue weighted by molar-refractivity contribution is -0.385. The minimum atomic E-state index is -4.94. The molecule has 0 saturated heterocycles. The van der Waals surface area contributed by atoms with Crippen molar-refractivity contribution in [3.63, 3.8) is 0 Å². The topological polar surface area (TPSA) is 73.8 Å². The number of rotatable bonds is 4. The molecule has 2 rings (SSSR count). The van der Waals surface area contributed by atoms with E-state index in [1.807, 2.05) is 0 Å². The Bertz CT molecular complexity index is 742. The molecule has 0 unspecified atom stereocenters. The molecule has 0 spiro atoms. The number of benzene rings is 1. The van der Waals surface area contributed by atoms with E-state index in [1.165, 1.54) is 19.1 Å². The summed E-state index contributed by atoms with van der Waals surface area (Å²) in [5.41, 5.74) is 0.355. The molecule has 0 amide bonds. The number of hydrogen-bond acceptors (Lipinski definition) is 4. The molecule has 0 atom stereocenters. The zero-order valence-electron chi connectivity index (χ0n) is 11.5. The van der Waals surface area contributed by atoms with Crippen LogP contribution in [0.15, 0.2) is 18.2 Å². The molecule has 6 nitrogen and oxygen atoms in total. The van der Waals surface area contributed by atoms with Crippen LogP contribution in [0.3, 0.4) is 0 Å². The Morgan fingerprint density at radius 1 is 1.35 bits per heavy atom. The summed E-state index contributed by atoms with van der Waals surface area (Å²) < 4.78 is 63.6. The maximum absolute atomic E-state index is 12.8. The molecule has 0 aliphatic rings. The van der Waals surface area contributed by atoms with Crippen molar-refractivity contribution in [1.82, 2.24) is 14.8 Å². The van der Waals surface area contributed by atoms with Crippen LogP contribution in [-0.4, -0.2) is 19.7 Å². The van der Waals surface area contributed by atoms with Crippen LogP contribution < -0.4 is 0 Å². The minimum absolute atomic E-state index is 0.183. The second kappa shape index (κ2) is 5.89. The zero-order chi connectivity index (χ0) is 17.4. The molecule has 0 bridgehead atoms. The predicted octanol–water partition coefficient (Wildman–Crippen LogP) is 3.50. The van der Waals surface area contributed by atoms with E-state index in [0.29, 0.717) is 4.68 Å². The van der Waals surface area contributed by atoms with Gasteiger partial charge in [0.2, 0.25) is 0 Å². The normalized spacial score (nSPS) is 12.0. The Morgan fingerprint density at radius 3 is 2.48 bits per heavy atom. The van der Waals surface area contributed by atoms with E-state index >= 15 is 0 Å². The number of nitrogens with zero attached hydrogens (tertiary/aromatic N) is 4. The molecule has 0 aliphatic heterocycles. The molecule has 1 aromatic carbocycles. The summed E-state index contributed by atoms with van der Waals surface area (Å²) in [6.07, 6.45) is -8.18. The van der Waals surface area contributed by atoms with Crippen LogP contribution in [0.1, 0.15) is 29.2 Å². The van der Waals surface area contributed by atoms with E-state index in [2.05, 4.69) is 10.1 Å². The number of aromatic nitrogens is 3. The highest BCUT2D eigenvalue weighted by molar-refractivity contribution is 5.41. The fourth-order valence-electron chi connectivity index (χ4n) is 1.95. The van der Waals surface area contributed by atoms with Crippen molar-refractivity contribution in [3.8, 4) is 0 Å². The first-order chi connectivity index (χ1) is 10.6. The summed E-state index contributed by atoms with van der Waals surface area (Å²) in [6, 6.07) is 3.73. The number of halogens is 5. The predicted molar refractivity (Wildman–Crippen MR) is 66.9 cm³/mol. The van der Waals surface area contributed by atoms with Crippen LogP contribution in [-0.2, 0) is 12.7 Å². The lowest BCUT2D eigenvalue weighted by Crippen LogP contribution is -2.10. The summed E-state index contributed by atoms with van der Waals surface area (Å²) in [4.78, 5) is 12.9. The van der Waals surface area contributed by atoms with Crippen molar-refractivity contribution in [2.75, 3.05) is 0 Å². The Labute approximate surface area is 125 Å². The van der Waals surface area contributed by atoms with Gasteiger partial charge in [0.1, 0.15) is 0 Å². The second-order valence-corrected chi connectivity index (χ2v) is 4.63. The lowest BCUT2D eigenvalue weighted by Gasteiger charge is -2.06. The molecule has 1 aromatic heterocycles. The van der Waals surface area contributed by atoms with E-state index in [0.717, 1.165) is 6.07 Å². The van der Waals surface area contributed by atoms with Gasteiger partial charge < -0.3 is 0 Å². The SMILES string of the molecule is Cc1cc(Cn2nc(C(F)(F)F)nc2C(F)F)ccc1[N+](=O)[O-]. The fourth-order valence-corrected chi connectivity index (χ4v) is 1.95. The van der Waals surface area contributed by atoms with Crippen molar-refractivity contribution in [2.45, 2.75) is 26.1 Å². The van der Waals surface area contributed by atoms with Gasteiger partial charge in [-0.15, -0.1) is 5.10 Å². The van der Waals surface area contributed by atoms with Gasteiger partial charge in [0.05, 0.1) is 11.5 Å². The average molecular weight is 336 g/mol. The molecule has 0 saturated carbocycles. The Hall–Kier alpha value is -2.59. The van der Waals surface area contributed by atoms with Crippen molar-refractivity contribution >= 4 is 5.69 Å². The molecule has 11 heteroatoms. The summed E-state index contributed by atoms with van der Waals surface area (Å²) in [7, 11) is 0. The van der Waals surface area contributed by atoms with Gasteiger partial charge in [-0.05, 0) is 18.6 Å². The van der Waals surface area contributed by atoms with Crippen molar-refractivity contribution in [1.29, 1.82) is 0 Å². The fraction of sp³-hybridized carbons (Fsp3) is 0.333. The van der Waals surface area contributed by atoms with Crippen molar-refractivity contribution in [3.05, 3.63) is 51.1 Å². The lowest BCUT2D eigenvalue weighted by atomic mass is 10.1. The first kappa shape index (κ1) is 16.8. The molecule has 124 valence electrons. The van der Waals surface area contributed by atoms with E-state index in [-0.39, 0.29) is 16.8 Å². The smallest absolute Gasteiger partial charge is 0.258 e. The Balaban J connectivity index is 2.38. The second-order valence-electron chi connectivity index (χ2n) is 4.63. The Morgan fingerprint density at radius 2 is 2.00 bits per heavy atom. The highest BCUT2D eigenvalue weighted by Crippen LogP contribution is 2.29. The number of nitro benzene ring substituents is 1. The van der Waals surface area contributed by atoms with Gasteiger partial charge in [-0.25, -0.2) is 18.4 Å². The highest BCUT2D eigenvalue weighted by atomic mass is 19.4. The van der Waals surface area contributed by atoms with Crippen molar-refractivity contribution in [2.24, 2.45) is 0 Å². The quantitative estimate of drug-likeness (QED) is 0.487. The largest absolute Gasteiger partial charge is 0.453 e. The molecular formula is C12H9F5N4O2. The third-order valence-electron chi connectivity index (χ3n) is 2.94. The highest BCUT2D eigenvalue weighted by Gasteiger charge is 2.38. The monoisotopic (exact) mass is 336 g/mol. The van der Waals surface area contributed by atoms with Gasteiger partial charge in [0, 0.05) is 11.6 Å². The molecule has 0 radical (unpaired) electrons. The zero-order valence-corrected chi connectivity index (χ0v) is 11.5. The van der Waals surface area contributed by atoms with Gasteiger partial charge in [0.25, 0.3) is 17.9 Å². The van der Waals surface area contributed by atoms with Gasteiger partial charge in [-0.1, -0.05) is 6.07 Å². The number of alkyl halides is 5. The van der Waals surface area contributed by atoms with Gasteiger partial charge in [-0.2, -0.15) is 13.2 Å². The molecule has 0 fully saturated rings. The van der Waals surface area contributed by atoms with Crippen LogP contribution in [0.4, 0.5) is 27.6 Å². The van der Waals surface area contributed by atoms with Crippen molar-refractivity contribution < 1.29 is 26.9 Å². The first-order valence-electron chi connectivity index (χ1n) is 6.13. The van der Waals surface area contributed by atoms with E-state index in [1.54, 1.807) is 0 Å². The van der Waals surface area contributed by atoms with Crippen LogP contribution in [0.2, 0.25) is 0 Å². The maximum atomic E-state index is 12.8. The standard InChI is InChI=1S/C12H9F5N4O2/c1-6-4-7(2-3-8(6)21(22)23)5-20-10(9(13)14)18-11(19-20)12(15,16)17/h2-4,9H,5H2,1H3. The third kappa shape index (κ3) is 3.60. The summed E-state index contributed by atoms with van der Waals surface area (Å²) in [6.45, 7) is 1.01.